The molecule has 0 fully saturated rings. The van der Waals surface area contributed by atoms with Gasteiger partial charge in [-0.2, -0.15) is 4.98 Å². The van der Waals surface area contributed by atoms with Gasteiger partial charge in [0.2, 0.25) is 0 Å². The maximum Gasteiger partial charge on any atom is 0.441 e. The fourth-order valence-corrected chi connectivity index (χ4v) is 1.05. The molecule has 0 radical (unpaired) electrons. The lowest BCUT2D eigenvalue weighted by molar-refractivity contribution is -0.603. The summed E-state index contributed by atoms with van der Waals surface area (Å²) in [6, 6.07) is 5.43. The fraction of sp³-hybridized carbons (Fsp3) is 0. The Labute approximate surface area is 84.9 Å². The minimum absolute atomic E-state index is 0.267. The number of aromatic nitrogens is 4. The van der Waals surface area contributed by atoms with Gasteiger partial charge in [-0.05, 0) is 17.1 Å². The van der Waals surface area contributed by atoms with Crippen molar-refractivity contribution in [1.82, 2.24) is 15.0 Å². The Kier molecular flexibility index (Phi) is 2.32. The van der Waals surface area contributed by atoms with Gasteiger partial charge in [0.05, 0.1) is 12.4 Å². The van der Waals surface area contributed by atoms with E-state index in [9.17, 15) is 4.79 Å². The zero-order valence-corrected chi connectivity index (χ0v) is 7.61. The first-order valence-electron chi connectivity index (χ1n) is 4.16. The molecule has 0 saturated carbocycles. The van der Waals surface area contributed by atoms with E-state index >= 15 is 0 Å². The summed E-state index contributed by atoms with van der Waals surface area (Å²) in [6.45, 7) is 0. The van der Waals surface area contributed by atoms with Crippen LogP contribution in [0.5, 0.6) is 0 Å². The van der Waals surface area contributed by atoms with E-state index in [1.165, 1.54) is 6.33 Å². The van der Waals surface area contributed by atoms with Crippen molar-refractivity contribution in [2.24, 2.45) is 0 Å². The van der Waals surface area contributed by atoms with Gasteiger partial charge in [-0.1, -0.05) is 11.1 Å². The zero-order valence-electron chi connectivity index (χ0n) is 7.61. The van der Waals surface area contributed by atoms with Crippen molar-refractivity contribution in [2.75, 3.05) is 0 Å². The number of carbonyl (C=O) groups is 1. The molecule has 2 rings (SSSR count). The van der Waals surface area contributed by atoms with E-state index < -0.39 is 5.97 Å². The summed E-state index contributed by atoms with van der Waals surface area (Å²) in [4.78, 5) is 21.8. The molecule has 74 valence electrons. The van der Waals surface area contributed by atoms with Crippen molar-refractivity contribution in [2.45, 2.75) is 0 Å². The second-order valence-electron chi connectivity index (χ2n) is 2.70. The van der Waals surface area contributed by atoms with Crippen molar-refractivity contribution in [3.63, 3.8) is 0 Å². The Bertz CT molecular complexity index is 486. The average molecular weight is 203 g/mol. The lowest BCUT2D eigenvalue weighted by atomic mass is 10.5. The maximum absolute atomic E-state index is 10.6. The van der Waals surface area contributed by atoms with Gasteiger partial charge in [0.1, 0.15) is 0 Å². The quantitative estimate of drug-likeness (QED) is 0.686. The lowest BCUT2D eigenvalue weighted by Crippen LogP contribution is -2.32. The first-order chi connectivity index (χ1) is 7.27. The molecule has 0 bridgehead atoms. The topological polar surface area (TPSA) is 79.8 Å². The Morgan fingerprint density at radius 3 is 2.60 bits per heavy atom. The van der Waals surface area contributed by atoms with E-state index in [1.807, 2.05) is 6.07 Å². The minimum atomic E-state index is -1.17. The maximum atomic E-state index is 10.6. The van der Waals surface area contributed by atoms with Crippen LogP contribution >= 0.6 is 0 Å². The van der Waals surface area contributed by atoms with Crippen LogP contribution < -0.4 is 4.57 Å². The number of rotatable bonds is 2. The van der Waals surface area contributed by atoms with E-state index in [0.29, 0.717) is 0 Å². The smallest absolute Gasteiger partial charge is 0.441 e. The molecule has 0 saturated heterocycles. The molecule has 1 N–H and O–H groups in total. The minimum Gasteiger partial charge on any atom is -0.474 e. The molecular formula is C9H7N4O2+. The van der Waals surface area contributed by atoms with Crippen LogP contribution in [-0.2, 0) is 0 Å². The first kappa shape index (κ1) is 9.20. The largest absolute Gasteiger partial charge is 0.474 e. The number of aromatic carboxylic acids is 1. The molecule has 0 amide bonds. The van der Waals surface area contributed by atoms with Crippen LogP contribution in [0.25, 0.3) is 5.95 Å². The Morgan fingerprint density at radius 1 is 1.20 bits per heavy atom. The molecule has 0 unspecified atom stereocenters. The molecule has 0 aliphatic rings. The average Bonchev–Trinajstić information content (AvgIpc) is 2.30. The van der Waals surface area contributed by atoms with Crippen LogP contribution in [0.15, 0.2) is 36.9 Å². The van der Waals surface area contributed by atoms with Gasteiger partial charge in [-0.25, -0.2) is 9.36 Å². The highest BCUT2D eigenvalue weighted by molar-refractivity contribution is 5.82. The van der Waals surface area contributed by atoms with E-state index in [-0.39, 0.29) is 11.8 Å². The summed E-state index contributed by atoms with van der Waals surface area (Å²) < 4.78 is 1.61. The molecule has 2 aromatic heterocycles. The van der Waals surface area contributed by atoms with E-state index in [2.05, 4.69) is 15.0 Å². The molecule has 0 aliphatic carbocycles. The summed E-state index contributed by atoms with van der Waals surface area (Å²) in [5, 5.41) is 8.69. The van der Waals surface area contributed by atoms with Gasteiger partial charge in [-0.15, -0.1) is 0 Å². The highest BCUT2D eigenvalue weighted by Gasteiger charge is 2.16. The van der Waals surface area contributed by atoms with Gasteiger partial charge in [0.15, 0.2) is 6.33 Å². The molecule has 2 heterocycles. The zero-order chi connectivity index (χ0) is 10.7. The van der Waals surface area contributed by atoms with Crippen LogP contribution in [0, 0.1) is 0 Å². The van der Waals surface area contributed by atoms with Crippen molar-refractivity contribution >= 4 is 5.97 Å². The van der Waals surface area contributed by atoms with Crippen molar-refractivity contribution in [1.29, 1.82) is 0 Å². The Hall–Kier alpha value is -2.37. The van der Waals surface area contributed by atoms with Crippen LogP contribution in [0.2, 0.25) is 0 Å². The lowest BCUT2D eigenvalue weighted by Gasteiger charge is -1.93. The van der Waals surface area contributed by atoms with Gasteiger partial charge in [0, 0.05) is 0 Å². The summed E-state index contributed by atoms with van der Waals surface area (Å²) in [6.07, 6.45) is 4.62. The number of carboxylic acids is 1. The summed E-state index contributed by atoms with van der Waals surface area (Å²) in [5.41, 5.74) is 0. The Morgan fingerprint density at radius 2 is 1.93 bits per heavy atom. The van der Waals surface area contributed by atoms with E-state index in [4.69, 9.17) is 5.11 Å². The summed E-state index contributed by atoms with van der Waals surface area (Å²) in [5.74, 6) is -1.16. The molecule has 0 atom stereocenters. The highest BCUT2D eigenvalue weighted by Crippen LogP contribution is 1.91. The second-order valence-corrected chi connectivity index (χ2v) is 2.70. The van der Waals surface area contributed by atoms with Crippen LogP contribution in [0.1, 0.15) is 10.6 Å². The van der Waals surface area contributed by atoms with Gasteiger partial charge < -0.3 is 5.11 Å². The number of hydrogen-bond acceptors (Lipinski definition) is 4. The monoisotopic (exact) mass is 203 g/mol. The third-order valence-corrected chi connectivity index (χ3v) is 1.70. The van der Waals surface area contributed by atoms with Crippen LogP contribution in [0.3, 0.4) is 0 Å². The molecule has 15 heavy (non-hydrogen) atoms. The third-order valence-electron chi connectivity index (χ3n) is 1.70. The van der Waals surface area contributed by atoms with Gasteiger partial charge >= 0.3 is 17.7 Å². The summed E-state index contributed by atoms with van der Waals surface area (Å²) in [7, 11) is 0. The SMILES string of the molecule is O=C(O)c1ncnc(-[n+]2ccccc2)n1. The highest BCUT2D eigenvalue weighted by atomic mass is 16.4. The van der Waals surface area contributed by atoms with Crippen LogP contribution in [0.4, 0.5) is 0 Å². The Balaban J connectivity index is 2.46. The van der Waals surface area contributed by atoms with Crippen molar-refractivity contribution < 1.29 is 14.5 Å². The van der Waals surface area contributed by atoms with Crippen molar-refractivity contribution in [3.05, 3.63) is 42.7 Å². The van der Waals surface area contributed by atoms with Gasteiger partial charge in [-0.3, -0.25) is 0 Å². The second kappa shape index (κ2) is 3.79. The molecular weight excluding hydrogens is 196 g/mol. The van der Waals surface area contributed by atoms with E-state index in [0.717, 1.165) is 0 Å². The van der Waals surface area contributed by atoms with E-state index in [1.54, 1.807) is 29.1 Å². The predicted octanol–water partition coefficient (Wildman–Crippen LogP) is -0.154. The molecule has 0 spiro atoms. The summed E-state index contributed by atoms with van der Waals surface area (Å²) >= 11 is 0. The predicted molar refractivity (Wildman–Crippen MR) is 48.3 cm³/mol. The number of pyridine rings is 1. The number of nitrogens with zero attached hydrogens (tertiary/aromatic N) is 4. The molecule has 0 aliphatic heterocycles. The van der Waals surface area contributed by atoms with Crippen LogP contribution in [-0.4, -0.2) is 26.0 Å². The standard InChI is InChI=1S/C9H6N4O2/c14-8(15)7-10-6-11-9(12-7)13-4-2-1-3-5-13/h1-6H/p+1. The molecule has 2 aromatic rings. The molecule has 6 heteroatoms. The fourth-order valence-electron chi connectivity index (χ4n) is 1.05. The normalized spacial score (nSPS) is 9.87. The van der Waals surface area contributed by atoms with Crippen molar-refractivity contribution in [3.8, 4) is 5.95 Å². The number of hydrogen-bond donors (Lipinski definition) is 1. The third kappa shape index (κ3) is 1.93. The number of carboxylic acid groups (broad SMARTS) is 1. The molecule has 6 nitrogen and oxygen atoms in total. The molecule has 0 aromatic carbocycles. The van der Waals surface area contributed by atoms with Gasteiger partial charge in [0.25, 0.3) is 0 Å². The first-order valence-corrected chi connectivity index (χ1v) is 4.16.